The van der Waals surface area contributed by atoms with Gasteiger partial charge >= 0.3 is 0 Å². The minimum Gasteiger partial charge on any atom is -0.300 e. The lowest BCUT2D eigenvalue weighted by atomic mass is 9.99. The summed E-state index contributed by atoms with van der Waals surface area (Å²) in [5, 5.41) is 3.21. The summed E-state index contributed by atoms with van der Waals surface area (Å²) in [5.74, 6) is 0.401. The summed E-state index contributed by atoms with van der Waals surface area (Å²) >= 11 is 1.71. The average molecular weight is 238 g/mol. The number of hydrogen-bond acceptors (Lipinski definition) is 4. The third kappa shape index (κ3) is 2.33. The Morgan fingerprint density at radius 3 is 3.06 bits per heavy atom. The Labute approximate surface area is 100 Å². The molecule has 1 aliphatic rings. The Bertz CT molecular complexity index is 350. The largest absolute Gasteiger partial charge is 0.300 e. The highest BCUT2D eigenvalue weighted by atomic mass is 32.1. The van der Waals surface area contributed by atoms with Gasteiger partial charge in [-0.3, -0.25) is 9.69 Å². The van der Waals surface area contributed by atoms with Crippen LogP contribution in [0.1, 0.15) is 44.2 Å². The lowest BCUT2D eigenvalue weighted by Crippen LogP contribution is -2.43. The summed E-state index contributed by atoms with van der Waals surface area (Å²) in [5.41, 5.74) is 0. The van der Waals surface area contributed by atoms with Crippen LogP contribution >= 0.6 is 11.3 Å². The van der Waals surface area contributed by atoms with Crippen molar-refractivity contribution in [2.75, 3.05) is 6.54 Å². The lowest BCUT2D eigenvalue weighted by molar-refractivity contribution is -0.123. The summed E-state index contributed by atoms with van der Waals surface area (Å²) in [6, 6.07) is 0.748. The molecule has 1 aromatic heterocycles. The lowest BCUT2D eigenvalue weighted by Gasteiger charge is -2.37. The van der Waals surface area contributed by atoms with Gasteiger partial charge in [-0.05, 0) is 13.3 Å². The van der Waals surface area contributed by atoms with E-state index in [0.29, 0.717) is 30.7 Å². The van der Waals surface area contributed by atoms with Gasteiger partial charge in [-0.1, -0.05) is 6.92 Å². The Morgan fingerprint density at radius 2 is 2.50 bits per heavy atom. The first-order valence-corrected chi connectivity index (χ1v) is 6.77. The predicted octanol–water partition coefficient (Wildman–Crippen LogP) is 2.65. The van der Waals surface area contributed by atoms with Crippen LogP contribution in [0.25, 0.3) is 0 Å². The normalized spacial score (nSPS) is 24.6. The van der Waals surface area contributed by atoms with Crippen LogP contribution in [0, 0.1) is 0 Å². The highest BCUT2D eigenvalue weighted by molar-refractivity contribution is 7.09. The molecule has 2 rings (SSSR count). The van der Waals surface area contributed by atoms with E-state index in [9.17, 15) is 4.79 Å². The number of rotatable bonds is 3. The van der Waals surface area contributed by atoms with Gasteiger partial charge in [-0.2, -0.15) is 0 Å². The zero-order chi connectivity index (χ0) is 11.5. The van der Waals surface area contributed by atoms with Crippen LogP contribution in [0.15, 0.2) is 11.6 Å². The van der Waals surface area contributed by atoms with Gasteiger partial charge in [-0.25, -0.2) is 4.98 Å². The van der Waals surface area contributed by atoms with Gasteiger partial charge in [0.25, 0.3) is 0 Å². The molecule has 4 heteroatoms. The third-order valence-corrected chi connectivity index (χ3v) is 4.14. The first-order chi connectivity index (χ1) is 7.72. The Hall–Kier alpha value is -0.740. The smallest absolute Gasteiger partial charge is 0.135 e. The van der Waals surface area contributed by atoms with Crippen molar-refractivity contribution in [3.63, 3.8) is 0 Å². The zero-order valence-electron chi connectivity index (χ0n) is 9.85. The fourth-order valence-corrected chi connectivity index (χ4v) is 3.28. The number of carbonyl (C=O) groups excluding carboxylic acids is 1. The minimum atomic E-state index is 0.357. The fourth-order valence-electron chi connectivity index (χ4n) is 2.44. The molecule has 0 N–H and O–H groups in total. The average Bonchev–Trinajstić information content (AvgIpc) is 2.75. The molecule has 2 heterocycles. The number of thiazole rings is 1. The van der Waals surface area contributed by atoms with E-state index in [2.05, 4.69) is 23.7 Å². The molecule has 1 aromatic rings. The van der Waals surface area contributed by atoms with E-state index in [1.54, 1.807) is 11.3 Å². The number of ketones is 1. The number of aromatic nitrogens is 1. The quantitative estimate of drug-likeness (QED) is 0.811. The van der Waals surface area contributed by atoms with Gasteiger partial charge in [0, 0.05) is 37.0 Å². The van der Waals surface area contributed by atoms with Crippen LogP contribution in [-0.2, 0) is 4.79 Å². The Balaban J connectivity index is 2.12. The van der Waals surface area contributed by atoms with E-state index in [1.807, 2.05) is 11.6 Å². The van der Waals surface area contributed by atoms with Crippen molar-refractivity contribution in [3.8, 4) is 0 Å². The molecule has 0 amide bonds. The molecule has 88 valence electrons. The highest BCUT2D eigenvalue weighted by Gasteiger charge is 2.30. The van der Waals surface area contributed by atoms with Crippen LogP contribution in [0.2, 0.25) is 0 Å². The van der Waals surface area contributed by atoms with E-state index in [1.165, 1.54) is 5.01 Å². The second kappa shape index (κ2) is 5.06. The number of likely N-dealkylation sites (tertiary alicyclic amines) is 1. The summed E-state index contributed by atoms with van der Waals surface area (Å²) in [4.78, 5) is 18.2. The molecular formula is C12H18N2OS. The molecule has 2 unspecified atom stereocenters. The number of carbonyl (C=O) groups is 1. The van der Waals surface area contributed by atoms with E-state index in [-0.39, 0.29) is 0 Å². The summed E-state index contributed by atoms with van der Waals surface area (Å²) in [6.07, 6.45) is 4.32. The number of Topliss-reactive ketones (excluding diaryl/α,β-unsaturated/α-hetero) is 1. The van der Waals surface area contributed by atoms with Crippen LogP contribution < -0.4 is 0 Å². The van der Waals surface area contributed by atoms with E-state index in [4.69, 9.17) is 0 Å². The van der Waals surface area contributed by atoms with Gasteiger partial charge in [0.05, 0.1) is 6.04 Å². The van der Waals surface area contributed by atoms with Crippen molar-refractivity contribution < 1.29 is 4.79 Å². The maximum atomic E-state index is 11.4. The molecule has 0 aliphatic carbocycles. The second-order valence-electron chi connectivity index (χ2n) is 4.37. The van der Waals surface area contributed by atoms with Crippen molar-refractivity contribution in [2.24, 2.45) is 0 Å². The first kappa shape index (κ1) is 11.7. The molecule has 16 heavy (non-hydrogen) atoms. The van der Waals surface area contributed by atoms with Crippen LogP contribution in [-0.4, -0.2) is 28.3 Å². The number of piperidine rings is 1. The van der Waals surface area contributed by atoms with Crippen LogP contribution in [0.3, 0.4) is 0 Å². The monoisotopic (exact) mass is 238 g/mol. The van der Waals surface area contributed by atoms with Crippen LogP contribution in [0.5, 0.6) is 0 Å². The van der Waals surface area contributed by atoms with Crippen molar-refractivity contribution in [2.45, 2.75) is 45.2 Å². The van der Waals surface area contributed by atoms with Crippen molar-refractivity contribution in [1.29, 1.82) is 0 Å². The molecular weight excluding hydrogens is 220 g/mol. The van der Waals surface area contributed by atoms with Gasteiger partial charge in [-0.15, -0.1) is 11.3 Å². The molecule has 1 saturated heterocycles. The topological polar surface area (TPSA) is 33.2 Å². The van der Waals surface area contributed by atoms with Crippen molar-refractivity contribution in [1.82, 2.24) is 9.88 Å². The first-order valence-electron chi connectivity index (χ1n) is 5.89. The summed E-state index contributed by atoms with van der Waals surface area (Å²) in [6.45, 7) is 5.22. The van der Waals surface area contributed by atoms with Crippen molar-refractivity contribution >= 4 is 17.1 Å². The van der Waals surface area contributed by atoms with E-state index < -0.39 is 0 Å². The van der Waals surface area contributed by atoms with Gasteiger partial charge in [0.15, 0.2) is 0 Å². The molecule has 0 radical (unpaired) electrons. The maximum Gasteiger partial charge on any atom is 0.135 e. The third-order valence-electron chi connectivity index (χ3n) is 3.26. The fraction of sp³-hybridized carbons (Fsp3) is 0.667. The molecule has 0 saturated carbocycles. The summed E-state index contributed by atoms with van der Waals surface area (Å²) in [7, 11) is 0. The molecule has 3 nitrogen and oxygen atoms in total. The van der Waals surface area contributed by atoms with Gasteiger partial charge in [0.1, 0.15) is 10.8 Å². The number of nitrogens with zero attached hydrogens (tertiary/aromatic N) is 2. The molecule has 0 bridgehead atoms. The van der Waals surface area contributed by atoms with Crippen molar-refractivity contribution in [3.05, 3.63) is 16.6 Å². The molecule has 0 aromatic carbocycles. The predicted molar refractivity (Wildman–Crippen MR) is 65.6 cm³/mol. The SMILES string of the molecule is CCC(c1nccs1)N1CCC(=O)CC1C. The molecule has 1 aliphatic heterocycles. The molecule has 0 spiro atoms. The Morgan fingerprint density at radius 1 is 1.69 bits per heavy atom. The Kier molecular flexibility index (Phi) is 3.71. The van der Waals surface area contributed by atoms with E-state index >= 15 is 0 Å². The van der Waals surface area contributed by atoms with Gasteiger partial charge < -0.3 is 0 Å². The molecule has 1 fully saturated rings. The standard InChI is InChI=1S/C12H18N2OS/c1-3-11(12-13-5-7-16-12)14-6-4-10(15)8-9(14)2/h5,7,9,11H,3-4,6,8H2,1-2H3. The second-order valence-corrected chi connectivity index (χ2v) is 5.30. The van der Waals surface area contributed by atoms with Gasteiger partial charge in [0.2, 0.25) is 0 Å². The summed E-state index contributed by atoms with van der Waals surface area (Å²) < 4.78 is 0. The zero-order valence-corrected chi connectivity index (χ0v) is 10.7. The minimum absolute atomic E-state index is 0.357. The maximum absolute atomic E-state index is 11.4. The highest BCUT2D eigenvalue weighted by Crippen LogP contribution is 2.30. The van der Waals surface area contributed by atoms with E-state index in [0.717, 1.165) is 13.0 Å². The van der Waals surface area contributed by atoms with Crippen LogP contribution in [0.4, 0.5) is 0 Å². The number of hydrogen-bond donors (Lipinski definition) is 0. The molecule has 2 atom stereocenters.